The van der Waals surface area contributed by atoms with Gasteiger partial charge in [-0.1, -0.05) is 31.2 Å². The normalized spacial score (nSPS) is 17.3. The van der Waals surface area contributed by atoms with Gasteiger partial charge >= 0.3 is 5.97 Å². The second-order valence-corrected chi connectivity index (χ2v) is 9.11. The largest absolute Gasteiger partial charge is 0.456 e. The summed E-state index contributed by atoms with van der Waals surface area (Å²) in [5.41, 5.74) is 4.23. The van der Waals surface area contributed by atoms with E-state index in [0.29, 0.717) is 18.5 Å². The average Bonchev–Trinajstić information content (AvgIpc) is 3.50. The van der Waals surface area contributed by atoms with Crippen LogP contribution in [-0.4, -0.2) is 35.6 Å². The van der Waals surface area contributed by atoms with Gasteiger partial charge in [0.05, 0.1) is 18.3 Å². The molecule has 1 saturated heterocycles. The summed E-state index contributed by atoms with van der Waals surface area (Å²) >= 11 is 0. The molecule has 34 heavy (non-hydrogen) atoms. The second kappa shape index (κ2) is 9.06. The molecule has 0 saturated carbocycles. The standard InChI is InChI=1S/C27H29N3O4/c1-3-24(34-25(31)14-29-26(32)22-9-6-10-28-22)20-13-23-21-12-18-8-5-4-7-17(18)11-19(21)15-30(23)27(33)16(20)2/h4-5,7-8,11-13,22,24,28H,3,6,9-10,14-15H2,1-2H3,(H,29,32). The van der Waals surface area contributed by atoms with E-state index in [-0.39, 0.29) is 24.1 Å². The van der Waals surface area contributed by atoms with E-state index in [1.165, 1.54) is 0 Å². The van der Waals surface area contributed by atoms with Gasteiger partial charge in [0, 0.05) is 16.7 Å². The molecule has 2 N–H and O–H groups in total. The molecular weight excluding hydrogens is 430 g/mol. The first kappa shape index (κ1) is 22.3. The number of nitrogens with one attached hydrogen (secondary N) is 2. The highest BCUT2D eigenvalue weighted by molar-refractivity contribution is 5.90. The Kier molecular flexibility index (Phi) is 5.96. The molecule has 1 fully saturated rings. The minimum atomic E-state index is -0.558. The van der Waals surface area contributed by atoms with Crippen LogP contribution in [0, 0.1) is 6.92 Å². The van der Waals surface area contributed by atoms with Crippen LogP contribution in [0.2, 0.25) is 0 Å². The van der Waals surface area contributed by atoms with Gasteiger partial charge in [-0.25, -0.2) is 0 Å². The van der Waals surface area contributed by atoms with Crippen LogP contribution in [0.5, 0.6) is 0 Å². The van der Waals surface area contributed by atoms with Crippen molar-refractivity contribution in [1.29, 1.82) is 0 Å². The number of hydrogen-bond donors (Lipinski definition) is 2. The number of carbonyl (C=O) groups is 2. The number of aromatic nitrogens is 1. The van der Waals surface area contributed by atoms with E-state index < -0.39 is 12.1 Å². The van der Waals surface area contributed by atoms with Crippen molar-refractivity contribution in [1.82, 2.24) is 15.2 Å². The van der Waals surface area contributed by atoms with Crippen molar-refractivity contribution in [2.24, 2.45) is 0 Å². The summed E-state index contributed by atoms with van der Waals surface area (Å²) in [4.78, 5) is 38.0. The molecular formula is C27H29N3O4. The summed E-state index contributed by atoms with van der Waals surface area (Å²) in [6.07, 6.45) is 1.69. The number of esters is 1. The number of carbonyl (C=O) groups excluding carboxylic acids is 2. The van der Waals surface area contributed by atoms with Crippen LogP contribution in [0.1, 0.15) is 49.0 Å². The third kappa shape index (κ3) is 4.01. The minimum absolute atomic E-state index is 0.0668. The van der Waals surface area contributed by atoms with E-state index in [1.54, 1.807) is 11.5 Å². The van der Waals surface area contributed by atoms with Crippen LogP contribution in [-0.2, 0) is 20.9 Å². The smallest absolute Gasteiger partial charge is 0.326 e. The van der Waals surface area contributed by atoms with E-state index in [2.05, 4.69) is 34.9 Å². The number of amides is 1. The van der Waals surface area contributed by atoms with Crippen molar-refractivity contribution in [2.75, 3.05) is 13.1 Å². The van der Waals surface area contributed by atoms with Gasteiger partial charge in [0.25, 0.3) is 5.56 Å². The van der Waals surface area contributed by atoms with Gasteiger partial charge < -0.3 is 19.9 Å². The zero-order chi connectivity index (χ0) is 23.8. The predicted octanol–water partition coefficient (Wildman–Crippen LogP) is 3.20. The van der Waals surface area contributed by atoms with Crippen LogP contribution in [0.4, 0.5) is 0 Å². The van der Waals surface area contributed by atoms with Crippen LogP contribution in [0.3, 0.4) is 0 Å². The summed E-state index contributed by atoms with van der Waals surface area (Å²) in [5.74, 6) is -0.692. The molecule has 2 aromatic carbocycles. The van der Waals surface area contributed by atoms with Crippen LogP contribution >= 0.6 is 0 Å². The Morgan fingerprint density at radius 1 is 1.21 bits per heavy atom. The molecule has 7 heteroatoms. The molecule has 0 radical (unpaired) electrons. The van der Waals surface area contributed by atoms with Crippen molar-refractivity contribution < 1.29 is 14.3 Å². The van der Waals surface area contributed by atoms with E-state index in [1.807, 2.05) is 25.1 Å². The summed E-state index contributed by atoms with van der Waals surface area (Å²) in [5, 5.41) is 8.04. The Bertz CT molecular complexity index is 1340. The van der Waals surface area contributed by atoms with Gasteiger partial charge in [-0.2, -0.15) is 0 Å². The Balaban J connectivity index is 1.40. The number of hydrogen-bond acceptors (Lipinski definition) is 5. The molecule has 0 spiro atoms. The van der Waals surface area contributed by atoms with E-state index in [0.717, 1.165) is 52.5 Å². The number of rotatable bonds is 6. The quantitative estimate of drug-likeness (QED) is 0.432. The average molecular weight is 460 g/mol. The molecule has 0 bridgehead atoms. The SMILES string of the molecule is CCC(OC(=O)CNC(=O)C1CCCN1)c1cc2n(c(=O)c1C)Cc1cc3ccccc3cc1-2. The maximum atomic E-state index is 13.3. The zero-order valence-electron chi connectivity index (χ0n) is 19.5. The Morgan fingerprint density at radius 3 is 2.68 bits per heavy atom. The van der Waals surface area contributed by atoms with Gasteiger partial charge in [0.15, 0.2) is 0 Å². The predicted molar refractivity (Wildman–Crippen MR) is 131 cm³/mol. The van der Waals surface area contributed by atoms with Crippen molar-refractivity contribution in [2.45, 2.75) is 51.8 Å². The Labute approximate surface area is 198 Å². The Morgan fingerprint density at radius 2 is 1.97 bits per heavy atom. The summed E-state index contributed by atoms with van der Waals surface area (Å²) in [6.45, 7) is 4.87. The summed E-state index contributed by atoms with van der Waals surface area (Å²) in [6, 6.07) is 14.2. The van der Waals surface area contributed by atoms with Gasteiger partial charge in [-0.3, -0.25) is 14.4 Å². The maximum absolute atomic E-state index is 13.3. The van der Waals surface area contributed by atoms with Gasteiger partial charge in [-0.15, -0.1) is 0 Å². The fourth-order valence-corrected chi connectivity index (χ4v) is 5.07. The first-order chi connectivity index (χ1) is 16.5. The van der Waals surface area contributed by atoms with E-state index in [4.69, 9.17) is 4.74 Å². The van der Waals surface area contributed by atoms with Crippen molar-refractivity contribution >= 4 is 22.6 Å². The lowest BCUT2D eigenvalue weighted by Crippen LogP contribution is -2.42. The number of fused-ring (bicyclic) bond motifs is 4. The summed E-state index contributed by atoms with van der Waals surface area (Å²) < 4.78 is 7.53. The maximum Gasteiger partial charge on any atom is 0.326 e. The van der Waals surface area contributed by atoms with Gasteiger partial charge in [-0.05, 0) is 67.3 Å². The molecule has 1 aromatic heterocycles. The van der Waals surface area contributed by atoms with Crippen molar-refractivity contribution in [3.8, 4) is 11.3 Å². The topological polar surface area (TPSA) is 89.4 Å². The first-order valence-corrected chi connectivity index (χ1v) is 11.9. The van der Waals surface area contributed by atoms with E-state index in [9.17, 15) is 14.4 Å². The van der Waals surface area contributed by atoms with Crippen LogP contribution in [0.15, 0.2) is 47.3 Å². The lowest BCUT2D eigenvalue weighted by molar-refractivity contribution is -0.149. The molecule has 5 rings (SSSR count). The minimum Gasteiger partial charge on any atom is -0.456 e. The summed E-state index contributed by atoms with van der Waals surface area (Å²) in [7, 11) is 0. The molecule has 176 valence electrons. The molecule has 2 atom stereocenters. The fourth-order valence-electron chi connectivity index (χ4n) is 5.07. The third-order valence-corrected chi connectivity index (χ3v) is 6.93. The zero-order valence-corrected chi connectivity index (χ0v) is 19.5. The lowest BCUT2D eigenvalue weighted by Gasteiger charge is -2.20. The number of pyridine rings is 1. The second-order valence-electron chi connectivity index (χ2n) is 9.11. The van der Waals surface area contributed by atoms with Gasteiger partial charge in [0.1, 0.15) is 12.6 Å². The molecule has 2 unspecified atom stereocenters. The monoisotopic (exact) mass is 459 g/mol. The van der Waals surface area contributed by atoms with E-state index >= 15 is 0 Å². The molecule has 2 aliphatic heterocycles. The number of nitrogens with zero attached hydrogens (tertiary/aromatic N) is 1. The molecule has 1 amide bonds. The molecule has 3 heterocycles. The highest BCUT2D eigenvalue weighted by atomic mass is 16.5. The molecule has 0 aliphatic carbocycles. The number of benzene rings is 2. The molecule has 3 aromatic rings. The van der Waals surface area contributed by atoms with Crippen LogP contribution < -0.4 is 16.2 Å². The lowest BCUT2D eigenvalue weighted by atomic mass is 9.98. The fraction of sp³-hybridized carbons (Fsp3) is 0.370. The van der Waals surface area contributed by atoms with Crippen LogP contribution in [0.25, 0.3) is 22.0 Å². The highest BCUT2D eigenvalue weighted by Gasteiger charge is 2.27. The van der Waals surface area contributed by atoms with Gasteiger partial charge in [0.2, 0.25) is 5.91 Å². The highest BCUT2D eigenvalue weighted by Crippen LogP contribution is 2.36. The Hall–Kier alpha value is -3.45. The third-order valence-electron chi connectivity index (χ3n) is 6.93. The molecule has 2 aliphatic rings. The van der Waals surface area contributed by atoms with Crippen molar-refractivity contribution in [3.63, 3.8) is 0 Å². The molecule has 7 nitrogen and oxygen atoms in total. The first-order valence-electron chi connectivity index (χ1n) is 11.9. The van der Waals surface area contributed by atoms with Crippen molar-refractivity contribution in [3.05, 3.63) is 69.5 Å². The number of ether oxygens (including phenoxy) is 1.